The highest BCUT2D eigenvalue weighted by molar-refractivity contribution is 5.93. The van der Waals surface area contributed by atoms with Crippen molar-refractivity contribution < 1.29 is 9.53 Å². The number of benzene rings is 2. The van der Waals surface area contributed by atoms with E-state index in [1.165, 1.54) is 0 Å². The van der Waals surface area contributed by atoms with E-state index in [0.717, 1.165) is 29.9 Å². The van der Waals surface area contributed by atoms with Crippen LogP contribution in [0.2, 0.25) is 0 Å². The molecule has 2 heterocycles. The Morgan fingerprint density at radius 1 is 1.15 bits per heavy atom. The number of aromatic amines is 1. The smallest absolute Gasteiger partial charge is 0.277 e. The van der Waals surface area contributed by atoms with Crippen LogP contribution in [0.15, 0.2) is 47.3 Å². The van der Waals surface area contributed by atoms with Crippen LogP contribution in [0, 0.1) is 0 Å². The van der Waals surface area contributed by atoms with E-state index >= 15 is 0 Å². The van der Waals surface area contributed by atoms with Gasteiger partial charge in [-0.25, -0.2) is 4.98 Å². The van der Waals surface area contributed by atoms with Crippen LogP contribution < -0.4 is 21.3 Å². The molecule has 9 heteroatoms. The van der Waals surface area contributed by atoms with Crippen LogP contribution in [0.5, 0.6) is 5.75 Å². The summed E-state index contributed by atoms with van der Waals surface area (Å²) in [6, 6.07) is 12.4. The second-order valence-corrected chi connectivity index (χ2v) is 7.64. The van der Waals surface area contributed by atoms with Gasteiger partial charge >= 0.3 is 0 Å². The summed E-state index contributed by atoms with van der Waals surface area (Å²) in [6.07, 6.45) is 1.63. The molecule has 0 aliphatic carbocycles. The molecule has 0 fully saturated rings. The highest BCUT2D eigenvalue weighted by atomic mass is 16.5. The predicted octanol–water partition coefficient (Wildman–Crippen LogP) is 3.52. The molecule has 0 aliphatic rings. The maximum Gasteiger partial charge on any atom is 0.277 e. The SMILES string of the molecule is CCCc1nn(C)c2c(=O)[nH]c(-c3cc(Nc4ccc(C(N)=O)cc4)ccc3OCC)nc12. The van der Waals surface area contributed by atoms with Crippen molar-refractivity contribution in [2.75, 3.05) is 11.9 Å². The molecule has 0 radical (unpaired) electrons. The molecule has 0 atom stereocenters. The number of aromatic nitrogens is 4. The fourth-order valence-electron chi connectivity index (χ4n) is 3.74. The van der Waals surface area contributed by atoms with E-state index in [0.29, 0.717) is 40.3 Å². The zero-order valence-corrected chi connectivity index (χ0v) is 18.8. The fourth-order valence-corrected chi connectivity index (χ4v) is 3.74. The van der Waals surface area contributed by atoms with E-state index in [4.69, 9.17) is 15.5 Å². The van der Waals surface area contributed by atoms with Crippen molar-refractivity contribution in [3.05, 3.63) is 64.1 Å². The summed E-state index contributed by atoms with van der Waals surface area (Å²) in [5.41, 5.74) is 9.54. The summed E-state index contributed by atoms with van der Waals surface area (Å²) >= 11 is 0. The maximum absolute atomic E-state index is 12.9. The Morgan fingerprint density at radius 2 is 1.88 bits per heavy atom. The average molecular weight is 447 g/mol. The Morgan fingerprint density at radius 3 is 2.55 bits per heavy atom. The predicted molar refractivity (Wildman–Crippen MR) is 128 cm³/mol. The van der Waals surface area contributed by atoms with Crippen LogP contribution in [-0.2, 0) is 13.5 Å². The molecule has 4 rings (SSSR count). The standard InChI is InChI=1S/C24H26N6O3/c1-4-6-18-20-21(30(3)29-18)24(32)28-23(27-20)17-13-16(11-12-19(17)33-5-2)26-15-9-7-14(8-10-15)22(25)31/h7-13,26H,4-6H2,1-3H3,(H2,25,31)(H,27,28,32). The third-order valence-electron chi connectivity index (χ3n) is 5.24. The zero-order chi connectivity index (χ0) is 23.5. The number of amides is 1. The van der Waals surface area contributed by atoms with E-state index in [9.17, 15) is 9.59 Å². The van der Waals surface area contributed by atoms with Crippen LogP contribution in [-0.4, -0.2) is 32.3 Å². The molecule has 0 bridgehead atoms. The van der Waals surface area contributed by atoms with Gasteiger partial charge in [-0.15, -0.1) is 0 Å². The number of primary amides is 1. The van der Waals surface area contributed by atoms with Crippen LogP contribution >= 0.6 is 0 Å². The molecule has 0 spiro atoms. The minimum atomic E-state index is -0.479. The molecule has 1 amide bonds. The molecular formula is C24H26N6O3. The minimum absolute atomic E-state index is 0.254. The molecule has 4 N–H and O–H groups in total. The van der Waals surface area contributed by atoms with Gasteiger partial charge in [-0.3, -0.25) is 14.3 Å². The normalized spacial score (nSPS) is 11.0. The number of ether oxygens (including phenoxy) is 1. The molecular weight excluding hydrogens is 420 g/mol. The van der Waals surface area contributed by atoms with E-state index in [1.807, 2.05) is 25.1 Å². The first-order valence-corrected chi connectivity index (χ1v) is 10.8. The average Bonchev–Trinajstić information content (AvgIpc) is 3.11. The number of rotatable bonds is 8. The van der Waals surface area contributed by atoms with Gasteiger partial charge in [0.05, 0.1) is 17.9 Å². The summed E-state index contributed by atoms with van der Waals surface area (Å²) < 4.78 is 7.39. The van der Waals surface area contributed by atoms with Gasteiger partial charge in [0.25, 0.3) is 5.56 Å². The van der Waals surface area contributed by atoms with Gasteiger partial charge in [0, 0.05) is 24.0 Å². The Bertz CT molecular complexity index is 1370. The molecule has 0 unspecified atom stereocenters. The summed E-state index contributed by atoms with van der Waals surface area (Å²) in [4.78, 5) is 31.9. The van der Waals surface area contributed by atoms with Crippen molar-refractivity contribution in [3.8, 4) is 17.1 Å². The maximum atomic E-state index is 12.9. The van der Waals surface area contributed by atoms with Crippen LogP contribution in [0.1, 0.15) is 36.3 Å². The van der Waals surface area contributed by atoms with Crippen molar-refractivity contribution in [2.24, 2.45) is 12.8 Å². The first-order chi connectivity index (χ1) is 15.9. The quantitative estimate of drug-likeness (QED) is 0.380. The lowest BCUT2D eigenvalue weighted by Crippen LogP contribution is -2.13. The van der Waals surface area contributed by atoms with Crippen molar-refractivity contribution in [1.29, 1.82) is 0 Å². The van der Waals surface area contributed by atoms with Crippen molar-refractivity contribution in [3.63, 3.8) is 0 Å². The summed E-state index contributed by atoms with van der Waals surface area (Å²) in [7, 11) is 1.75. The number of carbonyl (C=O) groups excluding carboxylic acids is 1. The van der Waals surface area contributed by atoms with E-state index < -0.39 is 5.91 Å². The number of H-pyrrole nitrogens is 1. The van der Waals surface area contributed by atoms with Gasteiger partial charge in [-0.2, -0.15) is 5.10 Å². The monoisotopic (exact) mass is 446 g/mol. The topological polar surface area (TPSA) is 128 Å². The van der Waals surface area contributed by atoms with Crippen molar-refractivity contribution in [1.82, 2.24) is 19.7 Å². The van der Waals surface area contributed by atoms with Gasteiger partial charge in [-0.1, -0.05) is 13.3 Å². The zero-order valence-electron chi connectivity index (χ0n) is 18.8. The lowest BCUT2D eigenvalue weighted by molar-refractivity contribution is 0.100. The number of carbonyl (C=O) groups is 1. The van der Waals surface area contributed by atoms with Crippen molar-refractivity contribution >= 4 is 28.3 Å². The Kier molecular flexibility index (Phi) is 6.12. The summed E-state index contributed by atoms with van der Waals surface area (Å²) in [6.45, 7) is 4.43. The van der Waals surface area contributed by atoms with E-state index in [-0.39, 0.29) is 5.56 Å². The number of nitrogens with one attached hydrogen (secondary N) is 2. The van der Waals surface area contributed by atoms with Gasteiger partial charge < -0.3 is 20.8 Å². The van der Waals surface area contributed by atoms with Crippen LogP contribution in [0.25, 0.3) is 22.4 Å². The summed E-state index contributed by atoms with van der Waals surface area (Å²) in [5.74, 6) is 0.540. The van der Waals surface area contributed by atoms with Crippen LogP contribution in [0.4, 0.5) is 11.4 Å². The molecule has 170 valence electrons. The van der Waals surface area contributed by atoms with Gasteiger partial charge in [0.15, 0.2) is 5.52 Å². The highest BCUT2D eigenvalue weighted by Gasteiger charge is 2.18. The van der Waals surface area contributed by atoms with Gasteiger partial charge in [-0.05, 0) is 55.8 Å². The number of hydrogen-bond donors (Lipinski definition) is 3. The molecule has 0 saturated heterocycles. The second-order valence-electron chi connectivity index (χ2n) is 7.64. The number of nitrogens with two attached hydrogens (primary N) is 1. The molecule has 33 heavy (non-hydrogen) atoms. The molecule has 0 saturated carbocycles. The second kappa shape index (κ2) is 9.15. The van der Waals surface area contributed by atoms with Crippen LogP contribution in [0.3, 0.4) is 0 Å². The molecule has 4 aromatic rings. The molecule has 9 nitrogen and oxygen atoms in total. The molecule has 2 aromatic carbocycles. The van der Waals surface area contributed by atoms with Gasteiger partial charge in [0.2, 0.25) is 5.91 Å². The summed E-state index contributed by atoms with van der Waals surface area (Å²) in [5, 5.41) is 7.78. The van der Waals surface area contributed by atoms with E-state index in [2.05, 4.69) is 22.3 Å². The lowest BCUT2D eigenvalue weighted by atomic mass is 10.1. The van der Waals surface area contributed by atoms with E-state index in [1.54, 1.807) is 36.0 Å². The lowest BCUT2D eigenvalue weighted by Gasteiger charge is -2.13. The van der Waals surface area contributed by atoms with Crippen molar-refractivity contribution in [2.45, 2.75) is 26.7 Å². The third-order valence-corrected chi connectivity index (χ3v) is 5.24. The largest absolute Gasteiger partial charge is 0.493 e. The number of aryl methyl sites for hydroxylation is 2. The number of nitrogens with zero attached hydrogens (tertiary/aromatic N) is 3. The first kappa shape index (κ1) is 22.1. The Labute approximate surface area is 190 Å². The highest BCUT2D eigenvalue weighted by Crippen LogP contribution is 2.32. The Hall–Kier alpha value is -4.14. The van der Waals surface area contributed by atoms with Gasteiger partial charge in [0.1, 0.15) is 17.1 Å². The molecule has 0 aliphatic heterocycles. The number of fused-ring (bicyclic) bond motifs is 1. The molecule has 2 aromatic heterocycles. The third kappa shape index (κ3) is 4.43. The Balaban J connectivity index is 1.78. The number of hydrogen-bond acceptors (Lipinski definition) is 6. The first-order valence-electron chi connectivity index (χ1n) is 10.8. The fraction of sp³-hybridized carbons (Fsp3) is 0.250. The number of anilines is 2. The minimum Gasteiger partial charge on any atom is -0.493 e.